The van der Waals surface area contributed by atoms with Gasteiger partial charge in [0.2, 0.25) is 5.91 Å². The zero-order valence-corrected chi connectivity index (χ0v) is 12.8. The first kappa shape index (κ1) is 15.1. The van der Waals surface area contributed by atoms with Crippen LogP contribution in [0.3, 0.4) is 0 Å². The molecular weight excluding hydrogens is 252 g/mol. The molecule has 2 N–H and O–H groups in total. The molecule has 1 amide bonds. The fourth-order valence-electron chi connectivity index (χ4n) is 2.65. The van der Waals surface area contributed by atoms with Crippen molar-refractivity contribution in [2.24, 2.45) is 0 Å². The van der Waals surface area contributed by atoms with Crippen molar-refractivity contribution in [3.05, 3.63) is 23.5 Å². The number of carbonyl (C=O) groups excluding carboxylic acids is 1. The number of aromatic nitrogens is 1. The van der Waals surface area contributed by atoms with Gasteiger partial charge in [-0.3, -0.25) is 4.79 Å². The number of hydrogen-bond acceptors (Lipinski definition) is 2. The van der Waals surface area contributed by atoms with E-state index in [1.807, 2.05) is 30.8 Å². The number of carbonyl (C=O) groups is 1. The highest BCUT2D eigenvalue weighted by Crippen LogP contribution is 2.29. The second-order valence-electron chi connectivity index (χ2n) is 6.46. The van der Waals surface area contributed by atoms with Crippen LogP contribution in [-0.4, -0.2) is 21.1 Å². The lowest BCUT2D eigenvalue weighted by Gasteiger charge is -2.24. The van der Waals surface area contributed by atoms with E-state index in [0.29, 0.717) is 6.54 Å². The number of aryl methyl sites for hydroxylation is 1. The third-order valence-electron chi connectivity index (χ3n) is 4.22. The van der Waals surface area contributed by atoms with Crippen molar-refractivity contribution >= 4 is 5.91 Å². The van der Waals surface area contributed by atoms with Gasteiger partial charge in [0.25, 0.3) is 0 Å². The summed E-state index contributed by atoms with van der Waals surface area (Å²) >= 11 is 0. The lowest BCUT2D eigenvalue weighted by atomic mass is 10.0. The summed E-state index contributed by atoms with van der Waals surface area (Å²) in [7, 11) is 0. The summed E-state index contributed by atoms with van der Waals surface area (Å²) < 4.78 is 1.90. The van der Waals surface area contributed by atoms with E-state index in [-0.39, 0.29) is 17.6 Å². The van der Waals surface area contributed by atoms with E-state index in [1.165, 1.54) is 5.56 Å². The Morgan fingerprint density at radius 2 is 2.20 bits per heavy atom. The molecule has 1 unspecified atom stereocenters. The molecule has 1 heterocycles. The van der Waals surface area contributed by atoms with E-state index < -0.39 is 0 Å². The first-order valence-corrected chi connectivity index (χ1v) is 7.59. The Kier molecular flexibility index (Phi) is 4.53. The molecule has 0 saturated heterocycles. The average Bonchev–Trinajstić information content (AvgIpc) is 2.69. The normalized spacial score (nSPS) is 19.3. The van der Waals surface area contributed by atoms with Gasteiger partial charge >= 0.3 is 0 Å². The minimum Gasteiger partial charge on any atom is -0.388 e. The summed E-state index contributed by atoms with van der Waals surface area (Å²) in [6.07, 6.45) is 8.49. The van der Waals surface area contributed by atoms with Crippen LogP contribution < -0.4 is 5.32 Å². The van der Waals surface area contributed by atoms with Crippen molar-refractivity contribution in [2.45, 2.75) is 71.1 Å². The van der Waals surface area contributed by atoms with E-state index in [2.05, 4.69) is 12.2 Å². The molecule has 1 aliphatic carbocycles. The van der Waals surface area contributed by atoms with Crippen LogP contribution in [0.5, 0.6) is 0 Å². The Labute approximate surface area is 121 Å². The second-order valence-corrected chi connectivity index (χ2v) is 6.46. The Bertz CT molecular complexity index is 477. The van der Waals surface area contributed by atoms with E-state index >= 15 is 0 Å². The monoisotopic (exact) mass is 278 g/mol. The van der Waals surface area contributed by atoms with E-state index in [4.69, 9.17) is 0 Å². The van der Waals surface area contributed by atoms with Gasteiger partial charge in [0, 0.05) is 23.5 Å². The number of nitrogens with zero attached hydrogens (tertiary/aromatic N) is 1. The number of aliphatic hydroxyl groups is 1. The maximum Gasteiger partial charge on any atom is 0.240 e. The van der Waals surface area contributed by atoms with Gasteiger partial charge in [-0.1, -0.05) is 13.3 Å². The molecular formula is C16H26N2O2. The first-order chi connectivity index (χ1) is 9.41. The minimum atomic E-state index is -0.371. The summed E-state index contributed by atoms with van der Waals surface area (Å²) in [6, 6.07) is 0. The predicted octanol–water partition coefficient (Wildman–Crippen LogP) is 2.55. The van der Waals surface area contributed by atoms with Crippen LogP contribution in [0, 0.1) is 0 Å². The molecule has 1 aromatic rings. The van der Waals surface area contributed by atoms with Crippen molar-refractivity contribution in [2.75, 3.05) is 0 Å². The van der Waals surface area contributed by atoms with Gasteiger partial charge in [-0.25, -0.2) is 0 Å². The van der Waals surface area contributed by atoms with E-state index in [0.717, 1.165) is 37.7 Å². The topological polar surface area (TPSA) is 54.3 Å². The molecule has 0 fully saturated rings. The SMILES string of the molecule is CCC(C)(C)NC(=O)Cn1cc2c(c1)C(O)CCCC2. The zero-order valence-electron chi connectivity index (χ0n) is 12.8. The average molecular weight is 278 g/mol. The number of amides is 1. The van der Waals surface area contributed by atoms with Crippen LogP contribution in [0.25, 0.3) is 0 Å². The third kappa shape index (κ3) is 3.63. The van der Waals surface area contributed by atoms with Crippen molar-refractivity contribution in [3.8, 4) is 0 Å². The third-order valence-corrected chi connectivity index (χ3v) is 4.22. The summed E-state index contributed by atoms with van der Waals surface area (Å²) in [4.78, 5) is 12.1. The molecule has 0 saturated carbocycles. The first-order valence-electron chi connectivity index (χ1n) is 7.59. The van der Waals surface area contributed by atoms with E-state index in [9.17, 15) is 9.90 Å². The van der Waals surface area contributed by atoms with Gasteiger partial charge in [-0.2, -0.15) is 0 Å². The molecule has 1 aromatic heterocycles. The van der Waals surface area contributed by atoms with Gasteiger partial charge in [-0.15, -0.1) is 0 Å². The van der Waals surface area contributed by atoms with Crippen LogP contribution in [0.1, 0.15) is 63.7 Å². The van der Waals surface area contributed by atoms with Crippen LogP contribution >= 0.6 is 0 Å². The summed E-state index contributed by atoms with van der Waals surface area (Å²) in [5.41, 5.74) is 2.03. The number of aliphatic hydroxyl groups excluding tert-OH is 1. The molecule has 0 spiro atoms. The molecule has 4 nitrogen and oxygen atoms in total. The molecule has 0 aliphatic heterocycles. The highest BCUT2D eigenvalue weighted by Gasteiger charge is 2.21. The highest BCUT2D eigenvalue weighted by molar-refractivity contribution is 5.76. The summed E-state index contributed by atoms with van der Waals surface area (Å²) in [6.45, 7) is 6.44. The molecule has 4 heteroatoms. The lowest BCUT2D eigenvalue weighted by Crippen LogP contribution is -2.44. The number of nitrogens with one attached hydrogen (secondary N) is 1. The van der Waals surface area contributed by atoms with Crippen LogP contribution in [0.2, 0.25) is 0 Å². The Hall–Kier alpha value is -1.29. The van der Waals surface area contributed by atoms with Gasteiger partial charge in [0.05, 0.1) is 6.10 Å². The quantitative estimate of drug-likeness (QED) is 0.832. The molecule has 1 atom stereocenters. The smallest absolute Gasteiger partial charge is 0.240 e. The highest BCUT2D eigenvalue weighted by atomic mass is 16.3. The fraction of sp³-hybridized carbons (Fsp3) is 0.688. The van der Waals surface area contributed by atoms with Gasteiger partial charge < -0.3 is 15.0 Å². The Balaban J connectivity index is 2.04. The van der Waals surface area contributed by atoms with Crippen LogP contribution in [-0.2, 0) is 17.8 Å². The van der Waals surface area contributed by atoms with Gasteiger partial charge in [0.1, 0.15) is 6.54 Å². The van der Waals surface area contributed by atoms with Crippen molar-refractivity contribution in [3.63, 3.8) is 0 Å². The van der Waals surface area contributed by atoms with Crippen molar-refractivity contribution in [1.29, 1.82) is 0 Å². The molecule has 20 heavy (non-hydrogen) atoms. The maximum atomic E-state index is 12.1. The number of hydrogen-bond donors (Lipinski definition) is 2. The van der Waals surface area contributed by atoms with Crippen LogP contribution in [0.4, 0.5) is 0 Å². The summed E-state index contributed by atoms with van der Waals surface area (Å²) in [5.74, 6) is 0.0245. The molecule has 112 valence electrons. The largest absolute Gasteiger partial charge is 0.388 e. The minimum absolute atomic E-state index is 0.0245. The molecule has 1 aliphatic rings. The zero-order chi connectivity index (χ0) is 14.8. The van der Waals surface area contributed by atoms with Gasteiger partial charge in [-0.05, 0) is 45.1 Å². The lowest BCUT2D eigenvalue weighted by molar-refractivity contribution is -0.123. The number of rotatable bonds is 4. The number of fused-ring (bicyclic) bond motifs is 1. The fourth-order valence-corrected chi connectivity index (χ4v) is 2.65. The Morgan fingerprint density at radius 1 is 1.45 bits per heavy atom. The van der Waals surface area contributed by atoms with Crippen molar-refractivity contribution < 1.29 is 9.90 Å². The Morgan fingerprint density at radius 3 is 2.90 bits per heavy atom. The predicted molar refractivity (Wildman–Crippen MR) is 79.5 cm³/mol. The van der Waals surface area contributed by atoms with Gasteiger partial charge in [0.15, 0.2) is 0 Å². The molecule has 0 bridgehead atoms. The standard InChI is InChI=1S/C16H26N2O2/c1-4-16(2,3)17-15(20)11-18-9-12-7-5-6-8-14(19)13(12)10-18/h9-10,14,19H,4-8,11H2,1-3H3,(H,17,20). The second kappa shape index (κ2) is 6.00. The van der Waals surface area contributed by atoms with Crippen LogP contribution in [0.15, 0.2) is 12.4 Å². The molecule has 0 aromatic carbocycles. The summed E-state index contributed by atoms with van der Waals surface area (Å²) in [5, 5.41) is 13.1. The maximum absolute atomic E-state index is 12.1. The molecule has 0 radical (unpaired) electrons. The van der Waals surface area contributed by atoms with E-state index in [1.54, 1.807) is 0 Å². The molecule has 2 rings (SSSR count). The van der Waals surface area contributed by atoms with Crippen molar-refractivity contribution in [1.82, 2.24) is 9.88 Å².